The molecule has 1 amide bonds. The number of carbonyl (C=O) groups excluding carboxylic acids is 1. The van der Waals surface area contributed by atoms with Crippen LogP contribution in [0.2, 0.25) is 0 Å². The van der Waals surface area contributed by atoms with Crippen molar-refractivity contribution in [2.45, 2.75) is 57.2 Å². The molecule has 1 atom stereocenters. The molecule has 3 fully saturated rings. The Bertz CT molecular complexity index is 550. The molecule has 4 heterocycles. The van der Waals surface area contributed by atoms with Crippen molar-refractivity contribution in [3.63, 3.8) is 0 Å². The first-order valence-corrected chi connectivity index (χ1v) is 9.77. The van der Waals surface area contributed by atoms with Crippen LogP contribution in [-0.4, -0.2) is 75.6 Å². The van der Waals surface area contributed by atoms with E-state index in [2.05, 4.69) is 20.1 Å². The van der Waals surface area contributed by atoms with Gasteiger partial charge in [-0.3, -0.25) is 14.4 Å². The summed E-state index contributed by atoms with van der Waals surface area (Å²) in [5, 5.41) is 7.93. The molecule has 0 saturated carbocycles. The first-order chi connectivity index (χ1) is 12.3. The predicted molar refractivity (Wildman–Crippen MR) is 92.9 cm³/mol. The van der Waals surface area contributed by atoms with E-state index in [1.54, 1.807) is 6.20 Å². The molecule has 7 nitrogen and oxygen atoms in total. The maximum Gasteiger partial charge on any atom is 0.239 e. The van der Waals surface area contributed by atoms with Gasteiger partial charge in [0.1, 0.15) is 0 Å². The van der Waals surface area contributed by atoms with Crippen LogP contribution >= 0.6 is 0 Å². The standard InChI is InChI=1S/C18H29N5O2/c24-18(17-2-1-8-23(17)16-5-12-25-13-6-16)21-9-3-15(4-10-21)14-22-11-7-19-20-22/h7,11,15-17H,1-6,8-10,12-14H2. The molecule has 0 radical (unpaired) electrons. The maximum atomic E-state index is 13.1. The fraction of sp³-hybridized carbons (Fsp3) is 0.833. The van der Waals surface area contributed by atoms with Crippen molar-refractivity contribution in [3.05, 3.63) is 12.4 Å². The van der Waals surface area contributed by atoms with Crippen molar-refractivity contribution in [2.75, 3.05) is 32.8 Å². The number of rotatable bonds is 4. The number of likely N-dealkylation sites (tertiary alicyclic amines) is 2. The van der Waals surface area contributed by atoms with Gasteiger partial charge in [-0.2, -0.15) is 0 Å². The molecule has 0 bridgehead atoms. The average molecular weight is 347 g/mol. The highest BCUT2D eigenvalue weighted by Crippen LogP contribution is 2.28. The third kappa shape index (κ3) is 3.87. The molecule has 0 spiro atoms. The van der Waals surface area contributed by atoms with Gasteiger partial charge in [0, 0.05) is 45.1 Å². The van der Waals surface area contributed by atoms with Crippen molar-refractivity contribution >= 4 is 5.91 Å². The molecule has 0 N–H and O–H groups in total. The van der Waals surface area contributed by atoms with Gasteiger partial charge in [-0.15, -0.1) is 5.10 Å². The van der Waals surface area contributed by atoms with Crippen LogP contribution in [0.3, 0.4) is 0 Å². The Labute approximate surface area is 149 Å². The largest absolute Gasteiger partial charge is 0.381 e. The predicted octanol–water partition coefficient (Wildman–Crippen LogP) is 1.16. The van der Waals surface area contributed by atoms with Gasteiger partial charge in [0.2, 0.25) is 5.91 Å². The molecule has 3 aliphatic heterocycles. The van der Waals surface area contributed by atoms with E-state index in [1.807, 2.05) is 10.9 Å². The molecule has 1 unspecified atom stereocenters. The Hall–Kier alpha value is -1.47. The minimum atomic E-state index is 0.106. The normalized spacial score (nSPS) is 27.0. The first-order valence-electron chi connectivity index (χ1n) is 9.77. The monoisotopic (exact) mass is 347 g/mol. The van der Waals surface area contributed by atoms with Crippen molar-refractivity contribution in [1.82, 2.24) is 24.8 Å². The van der Waals surface area contributed by atoms with Crippen LogP contribution in [0.1, 0.15) is 38.5 Å². The molecule has 4 rings (SSSR count). The minimum Gasteiger partial charge on any atom is -0.381 e. The SMILES string of the molecule is O=C(C1CCCN1C1CCOCC1)N1CCC(Cn2ccnn2)CC1. The Morgan fingerprint density at radius 2 is 1.88 bits per heavy atom. The molecular weight excluding hydrogens is 318 g/mol. The molecule has 0 aliphatic carbocycles. The summed E-state index contributed by atoms with van der Waals surface area (Å²) in [5.74, 6) is 0.962. The van der Waals surface area contributed by atoms with Gasteiger partial charge in [0.15, 0.2) is 0 Å². The summed E-state index contributed by atoms with van der Waals surface area (Å²) < 4.78 is 7.40. The van der Waals surface area contributed by atoms with E-state index in [-0.39, 0.29) is 6.04 Å². The summed E-state index contributed by atoms with van der Waals surface area (Å²) in [6.45, 7) is 5.45. The van der Waals surface area contributed by atoms with Gasteiger partial charge in [-0.05, 0) is 51.0 Å². The van der Waals surface area contributed by atoms with Crippen LogP contribution in [-0.2, 0) is 16.1 Å². The Morgan fingerprint density at radius 3 is 2.60 bits per heavy atom. The quantitative estimate of drug-likeness (QED) is 0.818. The average Bonchev–Trinajstić information content (AvgIpc) is 3.34. The fourth-order valence-corrected chi connectivity index (χ4v) is 4.65. The van der Waals surface area contributed by atoms with Gasteiger partial charge in [0.25, 0.3) is 0 Å². The minimum absolute atomic E-state index is 0.106. The zero-order valence-electron chi connectivity index (χ0n) is 14.9. The van der Waals surface area contributed by atoms with Crippen molar-refractivity contribution in [1.29, 1.82) is 0 Å². The molecule has 3 saturated heterocycles. The van der Waals surface area contributed by atoms with Crippen molar-refractivity contribution < 1.29 is 9.53 Å². The summed E-state index contributed by atoms with van der Waals surface area (Å²) >= 11 is 0. The lowest BCUT2D eigenvalue weighted by Crippen LogP contribution is -2.52. The van der Waals surface area contributed by atoms with Crippen LogP contribution in [0.25, 0.3) is 0 Å². The number of hydrogen-bond donors (Lipinski definition) is 0. The van der Waals surface area contributed by atoms with E-state index in [1.165, 1.54) is 0 Å². The Kier molecular flexibility index (Phi) is 5.31. The summed E-state index contributed by atoms with van der Waals surface area (Å²) in [6, 6.07) is 0.644. The van der Waals surface area contributed by atoms with Crippen molar-refractivity contribution in [3.8, 4) is 0 Å². The molecule has 7 heteroatoms. The van der Waals surface area contributed by atoms with E-state index < -0.39 is 0 Å². The first kappa shape index (κ1) is 17.0. The topological polar surface area (TPSA) is 63.5 Å². The number of aromatic nitrogens is 3. The summed E-state index contributed by atoms with van der Waals surface area (Å²) in [6.07, 6.45) is 10.1. The summed E-state index contributed by atoms with van der Waals surface area (Å²) in [7, 11) is 0. The van der Waals surface area contributed by atoms with Gasteiger partial charge in [-0.1, -0.05) is 5.21 Å². The third-order valence-electron chi connectivity index (χ3n) is 6.08. The van der Waals surface area contributed by atoms with Crippen LogP contribution < -0.4 is 0 Å². The molecule has 1 aromatic rings. The lowest BCUT2D eigenvalue weighted by Gasteiger charge is -2.39. The molecule has 25 heavy (non-hydrogen) atoms. The Balaban J connectivity index is 1.30. The summed E-state index contributed by atoms with van der Waals surface area (Å²) in [4.78, 5) is 17.7. The second-order valence-corrected chi connectivity index (χ2v) is 7.63. The second kappa shape index (κ2) is 7.83. The van der Waals surface area contributed by atoms with E-state index in [0.717, 1.165) is 77.9 Å². The van der Waals surface area contributed by atoms with Gasteiger partial charge in [0.05, 0.1) is 12.2 Å². The lowest BCUT2D eigenvalue weighted by atomic mass is 9.96. The van der Waals surface area contributed by atoms with Crippen LogP contribution in [0.4, 0.5) is 0 Å². The van der Waals surface area contributed by atoms with Crippen molar-refractivity contribution in [2.24, 2.45) is 5.92 Å². The number of ether oxygens (including phenoxy) is 1. The smallest absolute Gasteiger partial charge is 0.239 e. The van der Waals surface area contributed by atoms with Crippen LogP contribution in [0, 0.1) is 5.92 Å². The fourth-order valence-electron chi connectivity index (χ4n) is 4.65. The zero-order valence-corrected chi connectivity index (χ0v) is 14.9. The Morgan fingerprint density at radius 1 is 1.08 bits per heavy atom. The number of amides is 1. The van der Waals surface area contributed by atoms with Crippen LogP contribution in [0.5, 0.6) is 0 Å². The molecule has 3 aliphatic rings. The highest BCUT2D eigenvalue weighted by atomic mass is 16.5. The molecule has 138 valence electrons. The highest BCUT2D eigenvalue weighted by molar-refractivity contribution is 5.82. The molecule has 1 aromatic heterocycles. The second-order valence-electron chi connectivity index (χ2n) is 7.63. The number of nitrogens with zero attached hydrogens (tertiary/aromatic N) is 5. The maximum absolute atomic E-state index is 13.1. The van der Waals surface area contributed by atoms with Gasteiger partial charge in [-0.25, -0.2) is 0 Å². The summed E-state index contributed by atoms with van der Waals surface area (Å²) in [5.41, 5.74) is 0. The van der Waals surface area contributed by atoms with E-state index in [4.69, 9.17) is 4.74 Å². The van der Waals surface area contributed by atoms with Gasteiger partial charge < -0.3 is 9.64 Å². The number of piperidine rings is 1. The van der Waals surface area contributed by atoms with E-state index in [0.29, 0.717) is 17.9 Å². The molecular formula is C18H29N5O2. The van der Waals surface area contributed by atoms with E-state index in [9.17, 15) is 4.79 Å². The number of carbonyl (C=O) groups is 1. The number of hydrogen-bond acceptors (Lipinski definition) is 5. The highest BCUT2D eigenvalue weighted by Gasteiger charge is 2.38. The van der Waals surface area contributed by atoms with Crippen LogP contribution in [0.15, 0.2) is 12.4 Å². The lowest BCUT2D eigenvalue weighted by molar-refractivity contribution is -0.139. The molecule has 0 aromatic carbocycles. The third-order valence-corrected chi connectivity index (χ3v) is 6.08. The zero-order chi connectivity index (χ0) is 17.1. The van der Waals surface area contributed by atoms with Gasteiger partial charge >= 0.3 is 0 Å². The van der Waals surface area contributed by atoms with E-state index >= 15 is 0 Å².